The highest BCUT2D eigenvalue weighted by molar-refractivity contribution is 7.91. The molecule has 3 aliphatic rings. The number of para-hydroxylation sites is 1. The first-order valence-corrected chi connectivity index (χ1v) is 18.8. The van der Waals surface area contributed by atoms with Crippen molar-refractivity contribution in [1.82, 2.24) is 20.3 Å². The van der Waals surface area contributed by atoms with Crippen LogP contribution in [0.1, 0.15) is 93.6 Å². The fraction of sp³-hybridized carbons (Fsp3) is 0.639. The van der Waals surface area contributed by atoms with Gasteiger partial charge in [0, 0.05) is 18.0 Å². The molecule has 5 amide bonds. The van der Waals surface area contributed by atoms with Crippen LogP contribution >= 0.6 is 0 Å². The second-order valence-corrected chi connectivity index (χ2v) is 18.8. The van der Waals surface area contributed by atoms with E-state index in [2.05, 4.69) is 27.3 Å². The van der Waals surface area contributed by atoms with Crippen LogP contribution in [-0.2, 0) is 39.3 Å². The molecule has 0 radical (unpaired) electrons. The first-order chi connectivity index (χ1) is 23.4. The van der Waals surface area contributed by atoms with Crippen LogP contribution < -0.4 is 20.7 Å². The SMILES string of the molecule is C=CC1CC1(NC(=O)[C@H]1C[C@@H](OC(=O)Nc2ccccc2C(C)(C)C)CN1C(=O)[C@@H](NC(=O)OC(C)(C)C)C(C)(C)C)C(=O)NS(=O)(=O)C1CC1. The summed E-state index contributed by atoms with van der Waals surface area (Å²) in [6.45, 7) is 19.8. The molecule has 2 saturated carbocycles. The molecular formula is C36H53N5O9S. The molecule has 1 heterocycles. The first-order valence-electron chi connectivity index (χ1n) is 17.3. The Labute approximate surface area is 300 Å². The lowest BCUT2D eigenvalue weighted by molar-refractivity contribution is -0.143. The summed E-state index contributed by atoms with van der Waals surface area (Å²) < 4.78 is 38.6. The highest BCUT2D eigenvalue weighted by Crippen LogP contribution is 2.45. The van der Waals surface area contributed by atoms with Gasteiger partial charge in [0.15, 0.2) is 0 Å². The number of hydrogen-bond donors (Lipinski definition) is 4. The zero-order valence-electron chi connectivity index (χ0n) is 31.0. The van der Waals surface area contributed by atoms with Gasteiger partial charge in [-0.25, -0.2) is 18.0 Å². The molecule has 15 heteroatoms. The third-order valence-electron chi connectivity index (χ3n) is 9.12. The van der Waals surface area contributed by atoms with E-state index in [1.54, 1.807) is 53.7 Å². The van der Waals surface area contributed by atoms with E-state index in [9.17, 15) is 32.4 Å². The largest absolute Gasteiger partial charge is 0.444 e. The van der Waals surface area contributed by atoms with Gasteiger partial charge in [0.2, 0.25) is 21.8 Å². The van der Waals surface area contributed by atoms with Gasteiger partial charge >= 0.3 is 12.2 Å². The number of rotatable bonds is 10. The summed E-state index contributed by atoms with van der Waals surface area (Å²) in [5.74, 6) is -2.82. The van der Waals surface area contributed by atoms with Gasteiger partial charge in [-0.15, -0.1) is 6.58 Å². The molecule has 1 aromatic rings. The molecule has 4 N–H and O–H groups in total. The summed E-state index contributed by atoms with van der Waals surface area (Å²) in [5, 5.41) is 7.48. The molecule has 51 heavy (non-hydrogen) atoms. The van der Waals surface area contributed by atoms with E-state index in [1.807, 2.05) is 32.9 Å². The van der Waals surface area contributed by atoms with Crippen molar-refractivity contribution < 1.29 is 41.9 Å². The van der Waals surface area contributed by atoms with Crippen molar-refractivity contribution in [3.05, 3.63) is 42.5 Å². The van der Waals surface area contributed by atoms with Crippen LogP contribution in [0.5, 0.6) is 0 Å². The number of amides is 5. The Morgan fingerprint density at radius 1 is 0.980 bits per heavy atom. The van der Waals surface area contributed by atoms with Crippen LogP contribution in [0, 0.1) is 11.3 Å². The summed E-state index contributed by atoms with van der Waals surface area (Å²) >= 11 is 0. The fourth-order valence-electron chi connectivity index (χ4n) is 6.17. The lowest BCUT2D eigenvalue weighted by Gasteiger charge is -2.36. The van der Waals surface area contributed by atoms with E-state index >= 15 is 0 Å². The van der Waals surface area contributed by atoms with Crippen molar-refractivity contribution >= 4 is 45.6 Å². The monoisotopic (exact) mass is 731 g/mol. The summed E-state index contributed by atoms with van der Waals surface area (Å²) in [6, 6.07) is 4.87. The molecule has 5 atom stereocenters. The van der Waals surface area contributed by atoms with E-state index < -0.39 is 85.8 Å². The minimum atomic E-state index is -3.92. The number of hydrogen-bond acceptors (Lipinski definition) is 9. The van der Waals surface area contributed by atoms with Crippen molar-refractivity contribution in [3.63, 3.8) is 0 Å². The number of carbonyl (C=O) groups is 5. The fourth-order valence-corrected chi connectivity index (χ4v) is 7.53. The third-order valence-corrected chi connectivity index (χ3v) is 10.9. The lowest BCUT2D eigenvalue weighted by atomic mass is 9.85. The summed E-state index contributed by atoms with van der Waals surface area (Å²) in [4.78, 5) is 69.2. The Morgan fingerprint density at radius 3 is 2.14 bits per heavy atom. The quantitative estimate of drug-likeness (QED) is 0.257. The average Bonchev–Trinajstić information content (AvgIpc) is 3.90. The van der Waals surface area contributed by atoms with Crippen molar-refractivity contribution in [2.24, 2.45) is 11.3 Å². The molecule has 282 valence electrons. The maximum Gasteiger partial charge on any atom is 0.411 e. The first kappa shape index (κ1) is 39.6. The Kier molecular flexibility index (Phi) is 11.0. The Bertz CT molecular complexity index is 1670. The average molecular weight is 732 g/mol. The second-order valence-electron chi connectivity index (χ2n) is 16.8. The summed E-state index contributed by atoms with van der Waals surface area (Å²) in [6.07, 6.45) is -0.263. The summed E-state index contributed by atoms with van der Waals surface area (Å²) in [5.41, 5.74) is -2.18. The van der Waals surface area contributed by atoms with Gasteiger partial charge in [-0.1, -0.05) is 65.8 Å². The van der Waals surface area contributed by atoms with Crippen LogP contribution in [0.3, 0.4) is 0 Å². The van der Waals surface area contributed by atoms with Gasteiger partial charge in [0.05, 0.1) is 11.8 Å². The van der Waals surface area contributed by atoms with Gasteiger partial charge in [0.1, 0.15) is 29.3 Å². The minimum Gasteiger partial charge on any atom is -0.444 e. The molecule has 2 unspecified atom stereocenters. The maximum atomic E-state index is 14.3. The van der Waals surface area contributed by atoms with Crippen molar-refractivity contribution in [2.45, 2.75) is 128 Å². The Morgan fingerprint density at radius 2 is 1.61 bits per heavy atom. The molecule has 1 aliphatic heterocycles. The predicted octanol–water partition coefficient (Wildman–Crippen LogP) is 4.11. The number of benzene rings is 1. The number of nitrogens with zero attached hydrogens (tertiary/aromatic N) is 1. The molecule has 0 spiro atoms. The highest BCUT2D eigenvalue weighted by Gasteiger charge is 2.62. The van der Waals surface area contributed by atoms with Crippen LogP contribution in [0.25, 0.3) is 0 Å². The molecule has 1 aromatic carbocycles. The molecule has 0 aromatic heterocycles. The molecule has 2 aliphatic carbocycles. The van der Waals surface area contributed by atoms with Crippen LogP contribution in [0.15, 0.2) is 36.9 Å². The Hall–Kier alpha value is -4.14. The van der Waals surface area contributed by atoms with Gasteiger partial charge in [-0.05, 0) is 62.5 Å². The number of likely N-dealkylation sites (tertiary alicyclic amines) is 1. The van der Waals surface area contributed by atoms with Crippen molar-refractivity contribution in [1.29, 1.82) is 0 Å². The number of sulfonamides is 1. The lowest BCUT2D eigenvalue weighted by Crippen LogP contribution is -2.60. The predicted molar refractivity (Wildman–Crippen MR) is 191 cm³/mol. The van der Waals surface area contributed by atoms with E-state index in [4.69, 9.17) is 9.47 Å². The molecular weight excluding hydrogens is 678 g/mol. The number of nitrogens with one attached hydrogen (secondary N) is 4. The van der Waals surface area contributed by atoms with E-state index in [1.165, 1.54) is 11.0 Å². The molecule has 0 bridgehead atoms. The molecule has 3 fully saturated rings. The number of alkyl carbamates (subject to hydrolysis) is 1. The van der Waals surface area contributed by atoms with Crippen LogP contribution in [0.2, 0.25) is 0 Å². The Balaban J connectivity index is 1.61. The molecule has 4 rings (SSSR count). The number of anilines is 1. The second kappa shape index (κ2) is 14.1. The zero-order valence-corrected chi connectivity index (χ0v) is 31.9. The van der Waals surface area contributed by atoms with Gasteiger partial charge < -0.3 is 25.0 Å². The normalized spacial score (nSPS) is 24.1. The van der Waals surface area contributed by atoms with Gasteiger partial charge in [0.25, 0.3) is 5.91 Å². The van der Waals surface area contributed by atoms with E-state index in [-0.39, 0.29) is 24.8 Å². The summed E-state index contributed by atoms with van der Waals surface area (Å²) in [7, 11) is -3.92. The number of ether oxygens (including phenoxy) is 2. The smallest absolute Gasteiger partial charge is 0.411 e. The number of carbonyl (C=O) groups excluding carboxylic acids is 5. The zero-order chi connectivity index (χ0) is 38.3. The topological polar surface area (TPSA) is 189 Å². The van der Waals surface area contributed by atoms with Crippen molar-refractivity contribution in [3.8, 4) is 0 Å². The maximum absolute atomic E-state index is 14.3. The van der Waals surface area contributed by atoms with E-state index in [0.717, 1.165) is 5.56 Å². The van der Waals surface area contributed by atoms with E-state index in [0.29, 0.717) is 18.5 Å². The minimum absolute atomic E-state index is 0.106. The van der Waals surface area contributed by atoms with Crippen molar-refractivity contribution in [2.75, 3.05) is 11.9 Å². The van der Waals surface area contributed by atoms with Gasteiger partial charge in [-0.3, -0.25) is 24.4 Å². The standard InChI is InChI=1S/C36H53N5O9S/c1-11-21-19-36(21,30(44)40-51(47,48)23-16-17-23)39-28(42)26-18-22(49-31(45)37-25-15-13-12-14-24(25)33(2,3)4)20-41(26)29(43)27(34(5,6)7)38-32(46)50-35(8,9)10/h11-15,21-23,26-27H,1,16-20H2,2-10H3,(H,37,45)(H,38,46)(H,39,42)(H,40,44)/t21?,22-,26-,27-,36?/m1/s1. The van der Waals surface area contributed by atoms with Crippen LogP contribution in [-0.4, -0.2) is 84.3 Å². The third kappa shape index (κ3) is 9.60. The van der Waals surface area contributed by atoms with Crippen LogP contribution in [0.4, 0.5) is 15.3 Å². The highest BCUT2D eigenvalue weighted by atomic mass is 32.2. The molecule has 1 saturated heterocycles. The molecule has 14 nitrogen and oxygen atoms in total. The van der Waals surface area contributed by atoms with Gasteiger partial charge in [-0.2, -0.15) is 0 Å².